The number of rotatable bonds is 0. The molecule has 0 aromatic rings. The molecule has 0 rings (SSSR count). The molecular formula is MnNaO16P4TiV. The van der Waals surface area contributed by atoms with Crippen molar-refractivity contribution in [2.24, 2.45) is 0 Å². The van der Waals surface area contributed by atoms with Crippen LogP contribution < -0.4 is 88.3 Å². The molecule has 1 radical (unpaired) electrons. The van der Waals surface area contributed by atoms with Crippen LogP contribution in [0.3, 0.4) is 0 Å². The Balaban J connectivity index is -0.0000000225. The Morgan fingerprint density at radius 1 is 0.417 bits per heavy atom. The number of phosphoric acid groups is 4. The molecule has 0 fully saturated rings. The second-order valence-electron chi connectivity index (χ2n) is 1.79. The first kappa shape index (κ1) is 50.7. The Bertz CT molecular complexity index is 303. The summed E-state index contributed by atoms with van der Waals surface area (Å²) in [4.78, 5) is 103. The van der Waals surface area contributed by atoms with Gasteiger partial charge in [0.15, 0.2) is 0 Å². The van der Waals surface area contributed by atoms with E-state index in [1.807, 2.05) is 0 Å². The zero-order valence-corrected chi connectivity index (χ0v) is 20.4. The Kier molecular flexibility index (Phi) is 47.6. The molecule has 0 aliphatic rings. The van der Waals surface area contributed by atoms with Crippen LogP contribution in [0, 0.1) is 0 Å². The molecule has 0 aromatic carbocycles. The third kappa shape index (κ3) is 1400. The van der Waals surface area contributed by atoms with E-state index in [-0.39, 0.29) is 86.9 Å². The predicted octanol–water partition coefficient (Wildman–Crippen LogP) is -14.3. The van der Waals surface area contributed by atoms with Crippen LogP contribution in [-0.2, 0) is 75.6 Å². The van der Waals surface area contributed by atoms with Crippen molar-refractivity contribution >= 4 is 31.3 Å². The summed E-state index contributed by atoms with van der Waals surface area (Å²) in [5, 5.41) is 0. The molecule has 0 aromatic heterocycles. The first-order valence-electron chi connectivity index (χ1n) is 2.92. The van der Waals surface area contributed by atoms with Gasteiger partial charge in [0.25, 0.3) is 0 Å². The third-order valence-corrected chi connectivity index (χ3v) is 0. The van der Waals surface area contributed by atoms with Crippen LogP contribution in [0.1, 0.15) is 0 Å². The van der Waals surface area contributed by atoms with E-state index in [0.717, 1.165) is 0 Å². The average Bonchev–Trinajstić information content (AvgIpc) is 1.62. The summed E-state index contributed by atoms with van der Waals surface area (Å²) in [6.45, 7) is 0. The molecule has 0 unspecified atom stereocenters. The van der Waals surface area contributed by atoms with E-state index in [0.29, 0.717) is 0 Å². The van der Waals surface area contributed by atoms with Gasteiger partial charge in [0, 0.05) is 0 Å². The van der Waals surface area contributed by atoms with Crippen molar-refractivity contribution in [1.29, 1.82) is 0 Å². The van der Waals surface area contributed by atoms with E-state index in [4.69, 9.17) is 77.0 Å². The largest absolute Gasteiger partial charge is 5.00 e. The molecule has 0 saturated carbocycles. The van der Waals surface area contributed by atoms with Gasteiger partial charge in [-0.15, -0.1) is 0 Å². The van der Waals surface area contributed by atoms with Crippen molar-refractivity contribution in [2.75, 3.05) is 0 Å². The standard InChI is InChI=1S/Mn.Na.4H3O4P.Ti.V/c;;4*1-5(2,3)4;;/h;;4*(H3,1,2,3,4);;/q+2;+1;;;;;+4;+5/p-12. The van der Waals surface area contributed by atoms with Gasteiger partial charge in [0.1, 0.15) is 0 Å². The Labute approximate surface area is 193 Å². The molecule has 0 heterocycles. The summed E-state index contributed by atoms with van der Waals surface area (Å²) >= 11 is 0. The van der Waals surface area contributed by atoms with Crippen LogP contribution in [0.5, 0.6) is 0 Å². The SMILES string of the molecule is O=P([O-])([O-])[O-].O=P([O-])([O-])[O-].O=P([O-])([O-])[O-].O=P([O-])([O-])[O-].[Mn+2].[Na+].[Ti+4].[V+5]. The van der Waals surface area contributed by atoms with Crippen molar-refractivity contribution in [1.82, 2.24) is 0 Å². The van der Waals surface area contributed by atoms with E-state index in [1.165, 1.54) is 0 Å². The van der Waals surface area contributed by atoms with Gasteiger partial charge < -0.3 is 77.0 Å². The fourth-order valence-corrected chi connectivity index (χ4v) is 0. The summed E-state index contributed by atoms with van der Waals surface area (Å²) in [7, 11) is -21.6. The van der Waals surface area contributed by atoms with Gasteiger partial charge in [0.2, 0.25) is 0 Å². The monoisotopic (exact) mass is 557 g/mol. The van der Waals surface area contributed by atoms with Gasteiger partial charge in [-0.05, 0) is 0 Å². The van der Waals surface area contributed by atoms with E-state index >= 15 is 0 Å². The molecule has 0 amide bonds. The average molecular weight is 557 g/mol. The molecule has 133 valence electrons. The minimum absolute atomic E-state index is 0. The smallest absolute Gasteiger partial charge is 0.822 e. The van der Waals surface area contributed by atoms with E-state index in [1.54, 1.807) is 0 Å². The van der Waals surface area contributed by atoms with Crippen molar-refractivity contribution in [3.63, 3.8) is 0 Å². The molecule has 0 N–H and O–H groups in total. The number of hydrogen-bond donors (Lipinski definition) is 0. The van der Waals surface area contributed by atoms with Gasteiger partial charge in [-0.25, -0.2) is 0 Å². The molecule has 0 spiro atoms. The Morgan fingerprint density at radius 3 is 0.417 bits per heavy atom. The predicted molar refractivity (Wildman–Crippen MR) is 30.4 cm³/mol. The van der Waals surface area contributed by atoms with Crippen LogP contribution >= 0.6 is 31.3 Å². The molecule has 24 heavy (non-hydrogen) atoms. The maximum atomic E-state index is 8.55. The zero-order valence-electron chi connectivity index (χ0n) is 10.6. The van der Waals surface area contributed by atoms with Gasteiger partial charge in [-0.3, -0.25) is 0 Å². The molecule has 0 bridgehead atoms. The summed E-state index contributed by atoms with van der Waals surface area (Å²) < 4.78 is 34.2. The number of hydrogen-bond acceptors (Lipinski definition) is 16. The first-order chi connectivity index (χ1) is 8.00. The Hall–Kier alpha value is 3.26. The first-order valence-corrected chi connectivity index (χ1v) is 8.76. The van der Waals surface area contributed by atoms with E-state index < -0.39 is 31.3 Å². The van der Waals surface area contributed by atoms with Crippen LogP contribution in [-0.4, -0.2) is 0 Å². The normalized spacial score (nSPS) is 9.83. The van der Waals surface area contributed by atoms with E-state index in [2.05, 4.69) is 0 Å². The molecule has 16 nitrogen and oxygen atoms in total. The van der Waals surface area contributed by atoms with Gasteiger partial charge in [-0.1, -0.05) is 0 Å². The van der Waals surface area contributed by atoms with Crippen LogP contribution in [0.25, 0.3) is 0 Å². The minimum atomic E-state index is -5.39. The second kappa shape index (κ2) is 22.5. The van der Waals surface area contributed by atoms with Crippen molar-refractivity contribution in [3.8, 4) is 0 Å². The van der Waals surface area contributed by atoms with Gasteiger partial charge >= 0.3 is 86.9 Å². The zero-order chi connectivity index (χ0) is 18.0. The summed E-state index contributed by atoms with van der Waals surface area (Å²) in [5.41, 5.74) is 0. The fraction of sp³-hybridized carbons (Fsp3) is 0. The molecular weight excluding hydrogens is 557 g/mol. The van der Waals surface area contributed by atoms with Crippen molar-refractivity contribution < 1.29 is 164 Å². The van der Waals surface area contributed by atoms with Crippen LogP contribution in [0.15, 0.2) is 0 Å². The van der Waals surface area contributed by atoms with Crippen molar-refractivity contribution in [3.05, 3.63) is 0 Å². The maximum absolute atomic E-state index is 8.55. The molecule has 0 atom stereocenters. The summed E-state index contributed by atoms with van der Waals surface area (Å²) in [6, 6.07) is 0. The molecule has 24 heteroatoms. The molecule has 0 saturated heterocycles. The Morgan fingerprint density at radius 2 is 0.417 bits per heavy atom. The molecule has 0 aliphatic heterocycles. The topological polar surface area (TPSA) is 345 Å². The van der Waals surface area contributed by atoms with Gasteiger partial charge in [0.05, 0.1) is 0 Å². The summed E-state index contributed by atoms with van der Waals surface area (Å²) in [5.74, 6) is 0. The molecule has 0 aliphatic carbocycles. The quantitative estimate of drug-likeness (QED) is 0.197. The van der Waals surface area contributed by atoms with Gasteiger partial charge in [-0.2, -0.15) is 31.3 Å². The van der Waals surface area contributed by atoms with Crippen LogP contribution in [0.2, 0.25) is 0 Å². The summed E-state index contributed by atoms with van der Waals surface area (Å²) in [6.07, 6.45) is 0. The third-order valence-electron chi connectivity index (χ3n) is 0. The maximum Gasteiger partial charge on any atom is 5.00 e. The minimum Gasteiger partial charge on any atom is -0.822 e. The van der Waals surface area contributed by atoms with Crippen molar-refractivity contribution in [2.45, 2.75) is 0 Å². The van der Waals surface area contributed by atoms with E-state index in [9.17, 15) is 0 Å². The van der Waals surface area contributed by atoms with Crippen LogP contribution in [0.4, 0.5) is 0 Å². The fourth-order valence-electron chi connectivity index (χ4n) is 0. The second-order valence-corrected chi connectivity index (χ2v) is 5.37.